The Kier molecular flexibility index (Phi) is 7.04. The van der Waals surface area contributed by atoms with Crippen LogP contribution in [0.2, 0.25) is 0 Å². The summed E-state index contributed by atoms with van der Waals surface area (Å²) in [7, 11) is -3.39. The molecule has 3 rings (SSSR count). The van der Waals surface area contributed by atoms with E-state index in [1.54, 1.807) is 24.3 Å². The van der Waals surface area contributed by atoms with E-state index in [1.165, 1.54) is 24.3 Å². The molecule has 3 aromatic carbocycles. The number of nitrogens with one attached hydrogen (secondary N) is 2. The minimum atomic E-state index is -3.39. The number of ketones is 1. The Bertz CT molecular complexity index is 1160. The quantitative estimate of drug-likeness (QED) is 0.500. The van der Waals surface area contributed by atoms with Crippen molar-refractivity contribution in [2.24, 2.45) is 0 Å². The molecule has 0 bridgehead atoms. The highest BCUT2D eigenvalue weighted by Crippen LogP contribution is 2.19. The molecule has 2 N–H and O–H groups in total. The molecule has 0 aliphatic rings. The molecule has 0 saturated carbocycles. The van der Waals surface area contributed by atoms with Crippen LogP contribution in [0.4, 0.5) is 5.69 Å². The van der Waals surface area contributed by atoms with E-state index in [1.807, 2.05) is 30.3 Å². The van der Waals surface area contributed by atoms with Crippen molar-refractivity contribution < 1.29 is 22.7 Å². The molecule has 0 saturated heterocycles. The third-order valence-corrected chi connectivity index (χ3v) is 4.90. The molecule has 160 valence electrons. The summed E-state index contributed by atoms with van der Waals surface area (Å²) in [6, 6.07) is 22.3. The lowest BCUT2D eigenvalue weighted by atomic mass is 10.1. The molecular weight excluding hydrogens is 416 g/mol. The number of rotatable bonds is 9. The molecule has 0 radical (unpaired) electrons. The second kappa shape index (κ2) is 9.90. The largest absolute Gasteiger partial charge is 0.485 e. The van der Waals surface area contributed by atoms with Gasteiger partial charge >= 0.3 is 0 Å². The molecule has 0 spiro atoms. The van der Waals surface area contributed by atoms with Gasteiger partial charge in [0.15, 0.2) is 12.4 Å². The lowest BCUT2D eigenvalue weighted by Gasteiger charge is -2.12. The molecule has 0 aliphatic carbocycles. The molecule has 8 heteroatoms. The first-order valence-corrected chi connectivity index (χ1v) is 11.4. The summed E-state index contributed by atoms with van der Waals surface area (Å²) >= 11 is 0. The van der Waals surface area contributed by atoms with E-state index >= 15 is 0 Å². The first-order valence-electron chi connectivity index (χ1n) is 9.47. The van der Waals surface area contributed by atoms with E-state index in [-0.39, 0.29) is 18.3 Å². The van der Waals surface area contributed by atoms with E-state index in [2.05, 4.69) is 10.0 Å². The normalized spacial score (nSPS) is 10.9. The van der Waals surface area contributed by atoms with Gasteiger partial charge in [0.2, 0.25) is 10.0 Å². The second-order valence-corrected chi connectivity index (χ2v) is 8.58. The summed E-state index contributed by atoms with van der Waals surface area (Å²) in [6.45, 7) is 0.114. The van der Waals surface area contributed by atoms with Crippen LogP contribution in [0.25, 0.3) is 0 Å². The summed E-state index contributed by atoms with van der Waals surface area (Å²) in [5.41, 5.74) is 2.03. The van der Waals surface area contributed by atoms with Crippen molar-refractivity contribution in [1.29, 1.82) is 0 Å². The number of para-hydroxylation sites is 1. The number of hydrogen-bond donors (Lipinski definition) is 2. The molecular formula is C23H22N2O5S. The SMILES string of the molecule is CS(=O)(=O)Nc1ccc(C(=O)COc2ccccc2C(=O)NCc2ccccc2)cc1. The average Bonchev–Trinajstić information content (AvgIpc) is 2.76. The standard InChI is InChI=1S/C23H22N2O5S/c1-31(28,29)25-19-13-11-18(12-14-19)21(26)16-30-22-10-6-5-9-20(22)23(27)24-15-17-7-3-2-4-8-17/h2-14,25H,15-16H2,1H3,(H,24,27). The molecule has 0 aliphatic heterocycles. The molecule has 7 nitrogen and oxygen atoms in total. The fraction of sp³-hybridized carbons (Fsp3) is 0.130. The van der Waals surface area contributed by atoms with Gasteiger partial charge in [-0.2, -0.15) is 0 Å². The van der Waals surface area contributed by atoms with E-state index in [9.17, 15) is 18.0 Å². The number of anilines is 1. The number of carbonyl (C=O) groups is 2. The topological polar surface area (TPSA) is 102 Å². The lowest BCUT2D eigenvalue weighted by Crippen LogP contribution is -2.24. The molecule has 0 unspecified atom stereocenters. The zero-order valence-corrected chi connectivity index (χ0v) is 17.7. The monoisotopic (exact) mass is 438 g/mol. The predicted octanol–water partition coefficient (Wildman–Crippen LogP) is 3.25. The first kappa shape index (κ1) is 22.0. The van der Waals surface area contributed by atoms with Gasteiger partial charge in [-0.05, 0) is 42.0 Å². The summed E-state index contributed by atoms with van der Waals surface area (Å²) in [4.78, 5) is 25.0. The van der Waals surface area contributed by atoms with Gasteiger partial charge in [-0.15, -0.1) is 0 Å². The third-order valence-electron chi connectivity index (χ3n) is 4.30. The Balaban J connectivity index is 1.61. The fourth-order valence-corrected chi connectivity index (χ4v) is 3.38. The van der Waals surface area contributed by atoms with Crippen molar-refractivity contribution >= 4 is 27.4 Å². The van der Waals surface area contributed by atoms with Crippen LogP contribution in [-0.2, 0) is 16.6 Å². The Morgan fingerprint density at radius 2 is 1.52 bits per heavy atom. The highest BCUT2D eigenvalue weighted by Gasteiger charge is 2.14. The van der Waals surface area contributed by atoms with E-state index in [0.29, 0.717) is 29.1 Å². The smallest absolute Gasteiger partial charge is 0.255 e. The fourth-order valence-electron chi connectivity index (χ4n) is 2.82. The van der Waals surface area contributed by atoms with E-state index in [4.69, 9.17) is 4.74 Å². The van der Waals surface area contributed by atoms with Crippen molar-refractivity contribution in [3.8, 4) is 5.75 Å². The average molecular weight is 439 g/mol. The molecule has 0 fully saturated rings. The van der Waals surface area contributed by atoms with Gasteiger partial charge < -0.3 is 10.1 Å². The van der Waals surface area contributed by atoms with Gasteiger partial charge in [0.1, 0.15) is 5.75 Å². The zero-order valence-electron chi connectivity index (χ0n) is 16.9. The highest BCUT2D eigenvalue weighted by molar-refractivity contribution is 7.92. The molecule has 0 aromatic heterocycles. The lowest BCUT2D eigenvalue weighted by molar-refractivity contribution is 0.0903. The van der Waals surface area contributed by atoms with Crippen molar-refractivity contribution in [3.63, 3.8) is 0 Å². The van der Waals surface area contributed by atoms with Crippen molar-refractivity contribution in [2.45, 2.75) is 6.54 Å². The van der Waals surface area contributed by atoms with Crippen molar-refractivity contribution in [3.05, 3.63) is 95.6 Å². The minimum Gasteiger partial charge on any atom is -0.485 e. The maximum Gasteiger partial charge on any atom is 0.255 e. The summed E-state index contributed by atoms with van der Waals surface area (Å²) in [5.74, 6) is -0.301. The molecule has 0 atom stereocenters. The van der Waals surface area contributed by atoms with Gasteiger partial charge in [-0.1, -0.05) is 42.5 Å². The van der Waals surface area contributed by atoms with E-state index in [0.717, 1.165) is 11.8 Å². The summed E-state index contributed by atoms with van der Waals surface area (Å²) < 4.78 is 30.5. The molecule has 31 heavy (non-hydrogen) atoms. The van der Waals surface area contributed by atoms with Crippen LogP contribution in [0.1, 0.15) is 26.3 Å². The zero-order chi connectivity index (χ0) is 22.3. The van der Waals surface area contributed by atoms with Gasteiger partial charge in [0.05, 0.1) is 11.8 Å². The Morgan fingerprint density at radius 1 is 0.871 bits per heavy atom. The number of carbonyl (C=O) groups excluding carboxylic acids is 2. The van der Waals surface area contributed by atoms with Crippen molar-refractivity contribution in [2.75, 3.05) is 17.6 Å². The van der Waals surface area contributed by atoms with Gasteiger partial charge in [-0.25, -0.2) is 8.42 Å². The van der Waals surface area contributed by atoms with Crippen molar-refractivity contribution in [1.82, 2.24) is 5.32 Å². The number of sulfonamides is 1. The van der Waals surface area contributed by atoms with Crippen LogP contribution in [0.3, 0.4) is 0 Å². The van der Waals surface area contributed by atoms with Gasteiger partial charge in [0.25, 0.3) is 5.91 Å². The molecule has 3 aromatic rings. The number of benzene rings is 3. The maximum atomic E-state index is 12.6. The van der Waals surface area contributed by atoms with Gasteiger partial charge in [0, 0.05) is 17.8 Å². The number of ether oxygens (including phenoxy) is 1. The summed E-state index contributed by atoms with van der Waals surface area (Å²) in [6.07, 6.45) is 1.05. The summed E-state index contributed by atoms with van der Waals surface area (Å²) in [5, 5.41) is 2.84. The minimum absolute atomic E-state index is 0.262. The molecule has 0 heterocycles. The number of Topliss-reactive ketones (excluding diaryl/α,β-unsaturated/α-hetero) is 1. The maximum absolute atomic E-state index is 12.6. The van der Waals surface area contributed by atoms with Gasteiger partial charge in [-0.3, -0.25) is 14.3 Å². The van der Waals surface area contributed by atoms with Crippen LogP contribution in [0.5, 0.6) is 5.75 Å². The Morgan fingerprint density at radius 3 is 2.19 bits per heavy atom. The second-order valence-electron chi connectivity index (χ2n) is 6.83. The highest BCUT2D eigenvalue weighted by atomic mass is 32.2. The van der Waals surface area contributed by atoms with E-state index < -0.39 is 10.0 Å². The molecule has 1 amide bonds. The van der Waals surface area contributed by atoms with Crippen LogP contribution in [0, 0.1) is 0 Å². The Hall–Kier alpha value is -3.65. The predicted molar refractivity (Wildman–Crippen MR) is 119 cm³/mol. The van der Waals surface area contributed by atoms with Crippen LogP contribution in [0.15, 0.2) is 78.9 Å². The number of amides is 1. The van der Waals surface area contributed by atoms with Crippen LogP contribution < -0.4 is 14.8 Å². The third kappa shape index (κ3) is 6.68. The number of hydrogen-bond acceptors (Lipinski definition) is 5. The first-order chi connectivity index (χ1) is 14.8. The van der Waals surface area contributed by atoms with Crippen LogP contribution in [-0.4, -0.2) is 33.0 Å². The Labute approximate surface area is 181 Å². The van der Waals surface area contributed by atoms with Crippen LogP contribution >= 0.6 is 0 Å².